The van der Waals surface area contributed by atoms with E-state index in [1.807, 2.05) is 13.1 Å². The molecule has 0 aromatic carbocycles. The third kappa shape index (κ3) is 2.97. The summed E-state index contributed by atoms with van der Waals surface area (Å²) in [5.41, 5.74) is 1.32. The molecule has 3 heteroatoms. The number of aromatic nitrogens is 1. The van der Waals surface area contributed by atoms with Crippen molar-refractivity contribution < 1.29 is 4.74 Å². The van der Waals surface area contributed by atoms with Crippen molar-refractivity contribution in [3.63, 3.8) is 0 Å². The average Bonchev–Trinajstić information content (AvgIpc) is 2.79. The Morgan fingerprint density at radius 2 is 2.24 bits per heavy atom. The number of ether oxygens (including phenoxy) is 1. The molecule has 0 amide bonds. The smallest absolute Gasteiger partial charge is 0.137 e. The van der Waals surface area contributed by atoms with Gasteiger partial charge >= 0.3 is 0 Å². The second-order valence-electron chi connectivity index (χ2n) is 4.59. The van der Waals surface area contributed by atoms with Gasteiger partial charge in [0, 0.05) is 18.2 Å². The summed E-state index contributed by atoms with van der Waals surface area (Å²) in [6.07, 6.45) is 7.63. The monoisotopic (exact) mass is 234 g/mol. The Morgan fingerprint density at radius 1 is 1.35 bits per heavy atom. The van der Waals surface area contributed by atoms with E-state index >= 15 is 0 Å². The van der Waals surface area contributed by atoms with Gasteiger partial charge in [0.2, 0.25) is 0 Å². The van der Waals surface area contributed by atoms with Crippen LogP contribution in [0.15, 0.2) is 18.5 Å². The van der Waals surface area contributed by atoms with Crippen molar-refractivity contribution >= 4 is 0 Å². The van der Waals surface area contributed by atoms with E-state index in [1.54, 1.807) is 6.20 Å². The zero-order valence-corrected chi connectivity index (χ0v) is 10.8. The lowest BCUT2D eigenvalue weighted by Gasteiger charge is -2.20. The summed E-state index contributed by atoms with van der Waals surface area (Å²) in [5.74, 6) is 1.50. The van der Waals surface area contributed by atoms with E-state index in [2.05, 4.69) is 23.3 Å². The number of pyridine rings is 1. The highest BCUT2D eigenvalue weighted by Crippen LogP contribution is 2.35. The highest BCUT2D eigenvalue weighted by Gasteiger charge is 2.28. The van der Waals surface area contributed by atoms with Crippen molar-refractivity contribution in [2.24, 2.45) is 0 Å². The molecule has 1 heterocycles. The maximum absolute atomic E-state index is 5.52. The summed E-state index contributed by atoms with van der Waals surface area (Å²) in [6, 6.07) is 2.76. The van der Waals surface area contributed by atoms with Crippen molar-refractivity contribution in [2.45, 2.75) is 45.1 Å². The standard InChI is InChI=1S/C14H22N2O/c1-3-16-14-7-5-6-13(14)11-8-12(17-4-2)10-15-9-11/h8-10,13-14,16H,3-7H2,1-2H3. The van der Waals surface area contributed by atoms with Crippen LogP contribution < -0.4 is 10.1 Å². The largest absolute Gasteiger partial charge is 0.492 e. The minimum Gasteiger partial charge on any atom is -0.492 e. The first-order valence-electron chi connectivity index (χ1n) is 6.66. The van der Waals surface area contributed by atoms with Gasteiger partial charge in [-0.15, -0.1) is 0 Å². The number of hydrogen-bond donors (Lipinski definition) is 1. The Kier molecular flexibility index (Phi) is 4.37. The van der Waals surface area contributed by atoms with Crippen LogP contribution in [0, 0.1) is 0 Å². The van der Waals surface area contributed by atoms with Crippen molar-refractivity contribution in [1.29, 1.82) is 0 Å². The molecule has 2 rings (SSSR count). The second kappa shape index (κ2) is 6.01. The first kappa shape index (κ1) is 12.4. The summed E-state index contributed by atoms with van der Waals surface area (Å²) < 4.78 is 5.52. The molecule has 0 aliphatic heterocycles. The zero-order chi connectivity index (χ0) is 12.1. The summed E-state index contributed by atoms with van der Waals surface area (Å²) in [7, 11) is 0. The quantitative estimate of drug-likeness (QED) is 0.850. The lowest BCUT2D eigenvalue weighted by atomic mass is 9.95. The molecule has 0 spiro atoms. The number of rotatable bonds is 5. The molecule has 3 nitrogen and oxygen atoms in total. The van der Waals surface area contributed by atoms with Gasteiger partial charge in [0.1, 0.15) is 5.75 Å². The molecule has 1 N–H and O–H groups in total. The van der Waals surface area contributed by atoms with Crippen LogP contribution >= 0.6 is 0 Å². The van der Waals surface area contributed by atoms with Gasteiger partial charge in [-0.2, -0.15) is 0 Å². The normalized spacial score (nSPS) is 23.9. The summed E-state index contributed by atoms with van der Waals surface area (Å²) >= 11 is 0. The van der Waals surface area contributed by atoms with Gasteiger partial charge in [-0.1, -0.05) is 13.3 Å². The summed E-state index contributed by atoms with van der Waals surface area (Å²) in [5, 5.41) is 3.58. The predicted molar refractivity (Wildman–Crippen MR) is 69.5 cm³/mol. The molecule has 94 valence electrons. The molecular weight excluding hydrogens is 212 g/mol. The number of nitrogens with one attached hydrogen (secondary N) is 1. The Balaban J connectivity index is 2.12. The molecule has 17 heavy (non-hydrogen) atoms. The molecule has 1 aromatic heterocycles. The van der Waals surface area contributed by atoms with Crippen LogP contribution in [0.1, 0.15) is 44.6 Å². The van der Waals surface area contributed by atoms with Crippen LogP contribution in [-0.2, 0) is 0 Å². The Bertz CT molecular complexity index is 354. The molecule has 1 aliphatic carbocycles. The van der Waals surface area contributed by atoms with Gasteiger partial charge < -0.3 is 10.1 Å². The van der Waals surface area contributed by atoms with Gasteiger partial charge in [0.15, 0.2) is 0 Å². The van der Waals surface area contributed by atoms with Crippen molar-refractivity contribution in [1.82, 2.24) is 10.3 Å². The molecule has 1 fully saturated rings. The molecule has 1 saturated carbocycles. The minimum absolute atomic E-state index is 0.600. The molecule has 0 saturated heterocycles. The molecule has 0 bridgehead atoms. The van der Waals surface area contributed by atoms with Crippen LogP contribution in [0.3, 0.4) is 0 Å². The maximum Gasteiger partial charge on any atom is 0.137 e. The third-order valence-electron chi connectivity index (χ3n) is 3.46. The van der Waals surface area contributed by atoms with Crippen molar-refractivity contribution in [2.75, 3.05) is 13.2 Å². The Labute approximate surface area is 104 Å². The van der Waals surface area contributed by atoms with E-state index < -0.39 is 0 Å². The predicted octanol–water partition coefficient (Wildman–Crippen LogP) is 2.73. The van der Waals surface area contributed by atoms with Crippen LogP contribution in [0.5, 0.6) is 5.75 Å². The van der Waals surface area contributed by atoms with Crippen LogP contribution in [0.2, 0.25) is 0 Å². The van der Waals surface area contributed by atoms with Gasteiger partial charge in [-0.3, -0.25) is 4.98 Å². The van der Waals surface area contributed by atoms with E-state index in [4.69, 9.17) is 4.74 Å². The van der Waals surface area contributed by atoms with Crippen LogP contribution in [-0.4, -0.2) is 24.2 Å². The molecule has 2 unspecified atom stereocenters. The van der Waals surface area contributed by atoms with E-state index in [9.17, 15) is 0 Å². The van der Waals surface area contributed by atoms with E-state index in [-0.39, 0.29) is 0 Å². The first-order valence-corrected chi connectivity index (χ1v) is 6.66. The molecular formula is C14H22N2O. The topological polar surface area (TPSA) is 34.2 Å². The van der Waals surface area contributed by atoms with E-state index in [1.165, 1.54) is 24.8 Å². The fourth-order valence-electron chi connectivity index (χ4n) is 2.75. The van der Waals surface area contributed by atoms with Gasteiger partial charge in [0.25, 0.3) is 0 Å². The minimum atomic E-state index is 0.600. The van der Waals surface area contributed by atoms with Crippen LogP contribution in [0.4, 0.5) is 0 Å². The Hall–Kier alpha value is -1.09. The lowest BCUT2D eigenvalue weighted by molar-refractivity contribution is 0.338. The fourth-order valence-corrected chi connectivity index (χ4v) is 2.75. The van der Waals surface area contributed by atoms with Gasteiger partial charge in [0.05, 0.1) is 12.8 Å². The third-order valence-corrected chi connectivity index (χ3v) is 3.46. The number of hydrogen-bond acceptors (Lipinski definition) is 3. The highest BCUT2D eigenvalue weighted by atomic mass is 16.5. The lowest BCUT2D eigenvalue weighted by Crippen LogP contribution is -2.30. The average molecular weight is 234 g/mol. The SMILES string of the molecule is CCNC1CCCC1c1cncc(OCC)c1. The van der Waals surface area contributed by atoms with Crippen molar-refractivity contribution in [3.05, 3.63) is 24.0 Å². The number of nitrogens with zero attached hydrogens (tertiary/aromatic N) is 1. The highest BCUT2D eigenvalue weighted by molar-refractivity contribution is 5.28. The zero-order valence-electron chi connectivity index (χ0n) is 10.8. The van der Waals surface area contributed by atoms with Crippen molar-refractivity contribution in [3.8, 4) is 5.75 Å². The van der Waals surface area contributed by atoms with Gasteiger partial charge in [-0.25, -0.2) is 0 Å². The fraction of sp³-hybridized carbons (Fsp3) is 0.643. The molecule has 2 atom stereocenters. The van der Waals surface area contributed by atoms with E-state index in [0.717, 1.165) is 12.3 Å². The summed E-state index contributed by atoms with van der Waals surface area (Å²) in [6.45, 7) is 5.92. The molecule has 1 aliphatic rings. The second-order valence-corrected chi connectivity index (χ2v) is 4.59. The van der Waals surface area contributed by atoms with Gasteiger partial charge in [-0.05, 0) is 37.9 Å². The first-order chi connectivity index (χ1) is 8.35. The summed E-state index contributed by atoms with van der Waals surface area (Å²) in [4.78, 5) is 4.29. The Morgan fingerprint density at radius 3 is 3.00 bits per heavy atom. The molecule has 0 radical (unpaired) electrons. The molecule has 1 aromatic rings. The van der Waals surface area contributed by atoms with E-state index in [0.29, 0.717) is 18.6 Å². The maximum atomic E-state index is 5.52. The number of likely N-dealkylation sites (N-methyl/N-ethyl adjacent to an activating group) is 1. The van der Waals surface area contributed by atoms with Crippen LogP contribution in [0.25, 0.3) is 0 Å².